The lowest BCUT2D eigenvalue weighted by molar-refractivity contribution is 0.0815. The largest absolute Gasteiger partial charge is 0.457 e. The third kappa shape index (κ3) is 4.80. The molecule has 6 rings (SSSR count). The number of likely N-dealkylation sites (N-methyl/N-ethyl adjacent to an activating group) is 1. The SMILES string of the molecule is CN1CCN(C2CCC(n3nc(-c4ccc(Oc5ccc(C#N)cc5)cc4)c4c(N)ncnc43)CC2)CC1. The second kappa shape index (κ2) is 10.4. The molecule has 1 saturated heterocycles. The minimum Gasteiger partial charge on any atom is -0.457 e. The van der Waals surface area contributed by atoms with Crippen molar-refractivity contribution in [1.29, 1.82) is 5.26 Å². The normalized spacial score (nSPS) is 20.8. The van der Waals surface area contributed by atoms with Gasteiger partial charge in [-0.2, -0.15) is 10.4 Å². The summed E-state index contributed by atoms with van der Waals surface area (Å²) in [6, 6.07) is 17.9. The number of nitrogens with zero attached hydrogens (tertiary/aromatic N) is 7. The van der Waals surface area contributed by atoms with Crippen LogP contribution in [0.15, 0.2) is 54.9 Å². The van der Waals surface area contributed by atoms with E-state index >= 15 is 0 Å². The van der Waals surface area contributed by atoms with Gasteiger partial charge in [-0.15, -0.1) is 0 Å². The molecule has 2 fully saturated rings. The number of piperazine rings is 1. The van der Waals surface area contributed by atoms with Crippen LogP contribution in [0.25, 0.3) is 22.3 Å². The molecular weight excluding hydrogens is 476 g/mol. The Kier molecular flexibility index (Phi) is 6.66. The molecule has 0 spiro atoms. The smallest absolute Gasteiger partial charge is 0.164 e. The van der Waals surface area contributed by atoms with Crippen LogP contribution in [0.1, 0.15) is 37.3 Å². The van der Waals surface area contributed by atoms with Crippen molar-refractivity contribution in [1.82, 2.24) is 29.5 Å². The Morgan fingerprint density at radius 1 is 0.868 bits per heavy atom. The number of nitriles is 1. The number of ether oxygens (including phenoxy) is 1. The Morgan fingerprint density at radius 3 is 2.16 bits per heavy atom. The van der Waals surface area contributed by atoms with Gasteiger partial charge in [-0.3, -0.25) is 4.90 Å². The maximum absolute atomic E-state index is 8.99. The van der Waals surface area contributed by atoms with E-state index in [9.17, 15) is 0 Å². The Morgan fingerprint density at radius 2 is 1.50 bits per heavy atom. The minimum absolute atomic E-state index is 0.295. The number of fused-ring (bicyclic) bond motifs is 1. The van der Waals surface area contributed by atoms with Gasteiger partial charge in [0.25, 0.3) is 0 Å². The molecule has 4 aromatic rings. The number of hydrogen-bond acceptors (Lipinski definition) is 8. The van der Waals surface area contributed by atoms with Crippen LogP contribution in [0.5, 0.6) is 11.5 Å². The first kappa shape index (κ1) is 24.3. The molecule has 0 bridgehead atoms. The molecule has 194 valence electrons. The standard InChI is InChI=1S/C29H32N8O/c1-35-14-16-36(17-15-35)22-6-8-23(9-7-22)37-29-26(28(31)32-19-33-29)27(34-37)21-4-12-25(13-5-21)38-24-10-2-20(18-30)3-11-24/h2-5,10-13,19,22-23H,6-9,14-17H2,1H3,(H2,31,32,33). The first-order valence-electron chi connectivity index (χ1n) is 13.3. The van der Waals surface area contributed by atoms with Gasteiger partial charge in [0.05, 0.1) is 23.1 Å². The van der Waals surface area contributed by atoms with E-state index in [0.717, 1.165) is 61.3 Å². The molecule has 0 atom stereocenters. The van der Waals surface area contributed by atoms with Gasteiger partial charge in [0.1, 0.15) is 29.3 Å². The molecule has 0 radical (unpaired) electrons. The number of hydrogen-bond donors (Lipinski definition) is 1. The summed E-state index contributed by atoms with van der Waals surface area (Å²) in [5.41, 5.74) is 9.49. The average Bonchev–Trinajstić information content (AvgIpc) is 3.35. The molecule has 38 heavy (non-hydrogen) atoms. The fourth-order valence-corrected chi connectivity index (χ4v) is 5.72. The molecule has 3 heterocycles. The fraction of sp³-hybridized carbons (Fsp3) is 0.379. The highest BCUT2D eigenvalue weighted by Crippen LogP contribution is 2.37. The molecule has 1 aliphatic carbocycles. The molecule has 1 saturated carbocycles. The van der Waals surface area contributed by atoms with Crippen molar-refractivity contribution in [3.63, 3.8) is 0 Å². The van der Waals surface area contributed by atoms with E-state index in [-0.39, 0.29) is 0 Å². The third-order valence-corrected chi connectivity index (χ3v) is 7.93. The number of rotatable bonds is 5. The van der Waals surface area contributed by atoms with Gasteiger partial charge in [0, 0.05) is 37.8 Å². The summed E-state index contributed by atoms with van der Waals surface area (Å²) in [5.74, 6) is 1.82. The summed E-state index contributed by atoms with van der Waals surface area (Å²) in [6.07, 6.45) is 6.03. The summed E-state index contributed by atoms with van der Waals surface area (Å²) < 4.78 is 8.04. The van der Waals surface area contributed by atoms with Crippen molar-refractivity contribution in [2.24, 2.45) is 0 Å². The lowest BCUT2D eigenvalue weighted by Crippen LogP contribution is -2.49. The van der Waals surface area contributed by atoms with Crippen LogP contribution < -0.4 is 10.5 Å². The molecule has 9 heteroatoms. The van der Waals surface area contributed by atoms with Crippen LogP contribution in [0, 0.1) is 11.3 Å². The molecule has 0 amide bonds. The van der Waals surface area contributed by atoms with Crippen LogP contribution in [0.4, 0.5) is 5.82 Å². The highest BCUT2D eigenvalue weighted by Gasteiger charge is 2.30. The topological polar surface area (TPSA) is 109 Å². The van der Waals surface area contributed by atoms with Crippen LogP contribution in [-0.2, 0) is 0 Å². The maximum atomic E-state index is 8.99. The molecule has 2 aromatic heterocycles. The fourth-order valence-electron chi connectivity index (χ4n) is 5.72. The second-order valence-electron chi connectivity index (χ2n) is 10.3. The number of anilines is 1. The van der Waals surface area contributed by atoms with Crippen molar-refractivity contribution in [3.8, 4) is 28.8 Å². The second-order valence-corrected chi connectivity index (χ2v) is 10.3. The molecule has 0 unspecified atom stereocenters. The quantitative estimate of drug-likeness (QED) is 0.421. The summed E-state index contributed by atoms with van der Waals surface area (Å²) in [4.78, 5) is 14.0. The molecule has 1 aliphatic heterocycles. The summed E-state index contributed by atoms with van der Waals surface area (Å²) in [6.45, 7) is 4.63. The Bertz CT molecular complexity index is 1440. The minimum atomic E-state index is 0.295. The zero-order valence-electron chi connectivity index (χ0n) is 21.6. The summed E-state index contributed by atoms with van der Waals surface area (Å²) >= 11 is 0. The molecule has 9 nitrogen and oxygen atoms in total. The van der Waals surface area contributed by atoms with E-state index in [4.69, 9.17) is 20.8 Å². The lowest BCUT2D eigenvalue weighted by Gasteiger charge is -2.41. The molecular formula is C29H32N8O. The summed E-state index contributed by atoms with van der Waals surface area (Å²) in [7, 11) is 2.21. The average molecular weight is 509 g/mol. The van der Waals surface area contributed by atoms with Gasteiger partial charge in [-0.1, -0.05) is 0 Å². The number of aromatic nitrogens is 4. The van der Waals surface area contributed by atoms with Crippen molar-refractivity contribution < 1.29 is 4.74 Å². The van der Waals surface area contributed by atoms with Gasteiger partial charge in [-0.05, 0) is 81.3 Å². The van der Waals surface area contributed by atoms with E-state index in [1.807, 2.05) is 24.3 Å². The van der Waals surface area contributed by atoms with Crippen molar-refractivity contribution in [2.45, 2.75) is 37.8 Å². The molecule has 2 aromatic carbocycles. The number of benzene rings is 2. The monoisotopic (exact) mass is 508 g/mol. The number of nitrogen functional groups attached to an aromatic ring is 1. The van der Waals surface area contributed by atoms with Crippen LogP contribution in [-0.4, -0.2) is 68.8 Å². The summed E-state index contributed by atoms with van der Waals surface area (Å²) in [5, 5.41) is 14.9. The van der Waals surface area contributed by atoms with Crippen molar-refractivity contribution in [3.05, 3.63) is 60.4 Å². The predicted molar refractivity (Wildman–Crippen MR) is 147 cm³/mol. The van der Waals surface area contributed by atoms with Crippen LogP contribution in [0.3, 0.4) is 0 Å². The Labute approximate surface area is 222 Å². The van der Waals surface area contributed by atoms with E-state index in [2.05, 4.69) is 37.6 Å². The Balaban J connectivity index is 1.22. The van der Waals surface area contributed by atoms with Gasteiger partial charge < -0.3 is 15.4 Å². The first-order chi connectivity index (χ1) is 18.6. The first-order valence-corrected chi connectivity index (χ1v) is 13.3. The predicted octanol–water partition coefficient (Wildman–Crippen LogP) is 4.47. The van der Waals surface area contributed by atoms with Crippen molar-refractivity contribution in [2.75, 3.05) is 39.0 Å². The van der Waals surface area contributed by atoms with Crippen LogP contribution in [0.2, 0.25) is 0 Å². The van der Waals surface area contributed by atoms with Crippen molar-refractivity contribution >= 4 is 16.9 Å². The number of nitrogens with two attached hydrogens (primary N) is 1. The van der Waals surface area contributed by atoms with Gasteiger partial charge in [0.15, 0.2) is 5.65 Å². The van der Waals surface area contributed by atoms with E-state index < -0.39 is 0 Å². The van der Waals surface area contributed by atoms with E-state index in [0.29, 0.717) is 35.0 Å². The molecule has 2 N–H and O–H groups in total. The zero-order chi connectivity index (χ0) is 26.1. The van der Waals surface area contributed by atoms with Gasteiger partial charge in [0.2, 0.25) is 0 Å². The van der Waals surface area contributed by atoms with E-state index in [1.165, 1.54) is 19.2 Å². The highest BCUT2D eigenvalue weighted by molar-refractivity contribution is 5.98. The molecule has 2 aliphatic rings. The van der Waals surface area contributed by atoms with E-state index in [1.54, 1.807) is 24.3 Å². The zero-order valence-corrected chi connectivity index (χ0v) is 21.6. The van der Waals surface area contributed by atoms with Crippen LogP contribution >= 0.6 is 0 Å². The third-order valence-electron chi connectivity index (χ3n) is 7.93. The maximum Gasteiger partial charge on any atom is 0.164 e. The lowest BCUT2D eigenvalue weighted by atomic mass is 9.90. The highest BCUT2D eigenvalue weighted by atomic mass is 16.5. The Hall–Kier alpha value is -4.00. The van der Waals surface area contributed by atoms with Gasteiger partial charge >= 0.3 is 0 Å². The van der Waals surface area contributed by atoms with Gasteiger partial charge in [-0.25, -0.2) is 14.6 Å².